The van der Waals surface area contributed by atoms with Gasteiger partial charge < -0.3 is 10.1 Å². The van der Waals surface area contributed by atoms with Crippen LogP contribution in [0.25, 0.3) is 0 Å². The third kappa shape index (κ3) is 4.42. The number of nitrogens with one attached hydrogen (secondary N) is 2. The molecule has 2 N–H and O–H groups in total. The molecule has 0 aliphatic carbocycles. The van der Waals surface area contributed by atoms with Crippen LogP contribution in [0.3, 0.4) is 0 Å². The number of H-pyrrole nitrogens is 1. The first-order valence-electron chi connectivity index (χ1n) is 5.87. The van der Waals surface area contributed by atoms with Gasteiger partial charge in [0.25, 0.3) is 0 Å². The largest absolute Gasteiger partial charge is 0.493 e. The summed E-state index contributed by atoms with van der Waals surface area (Å²) in [5, 5.41) is 9.18. The highest BCUT2D eigenvalue weighted by Crippen LogP contribution is 2.11. The summed E-state index contributed by atoms with van der Waals surface area (Å²) in [4.78, 5) is 11.5. The maximum atomic E-state index is 12.6. The van der Waals surface area contributed by atoms with Gasteiger partial charge in [-0.05, 0) is 24.3 Å². The number of carbonyl (C=O) groups excluding carboxylic acids is 1. The van der Waals surface area contributed by atoms with Gasteiger partial charge in [-0.2, -0.15) is 5.10 Å². The van der Waals surface area contributed by atoms with E-state index >= 15 is 0 Å². The van der Waals surface area contributed by atoms with Crippen LogP contribution in [-0.4, -0.2) is 22.7 Å². The molecular weight excluding hydrogens is 249 g/mol. The lowest BCUT2D eigenvalue weighted by Crippen LogP contribution is -2.24. The molecule has 0 atom stereocenters. The third-order valence-electron chi connectivity index (χ3n) is 2.46. The van der Waals surface area contributed by atoms with Crippen molar-refractivity contribution in [1.82, 2.24) is 15.5 Å². The average molecular weight is 263 g/mol. The fourth-order valence-electron chi connectivity index (χ4n) is 1.46. The van der Waals surface area contributed by atoms with E-state index in [4.69, 9.17) is 4.74 Å². The molecule has 1 amide bonds. The van der Waals surface area contributed by atoms with Gasteiger partial charge in [-0.3, -0.25) is 9.89 Å². The Balaban J connectivity index is 1.65. The summed E-state index contributed by atoms with van der Waals surface area (Å²) in [6.07, 6.45) is 3.61. The van der Waals surface area contributed by atoms with Gasteiger partial charge >= 0.3 is 0 Å². The molecule has 0 unspecified atom stereocenters. The summed E-state index contributed by atoms with van der Waals surface area (Å²) in [6.45, 7) is 0.689. The number of benzene rings is 1. The highest BCUT2D eigenvalue weighted by molar-refractivity contribution is 5.75. The highest BCUT2D eigenvalue weighted by atomic mass is 19.1. The van der Waals surface area contributed by atoms with E-state index in [1.807, 2.05) is 0 Å². The molecule has 0 aliphatic rings. The molecule has 2 rings (SSSR count). The van der Waals surface area contributed by atoms with Gasteiger partial charge in [-0.15, -0.1) is 0 Å². The Labute approximate surface area is 109 Å². The van der Waals surface area contributed by atoms with Crippen LogP contribution >= 0.6 is 0 Å². The molecule has 0 radical (unpaired) electrons. The van der Waals surface area contributed by atoms with Gasteiger partial charge in [-0.25, -0.2) is 4.39 Å². The Morgan fingerprint density at radius 1 is 1.37 bits per heavy atom. The van der Waals surface area contributed by atoms with Crippen LogP contribution in [0.4, 0.5) is 4.39 Å². The van der Waals surface area contributed by atoms with Crippen molar-refractivity contribution < 1.29 is 13.9 Å². The average Bonchev–Trinajstić information content (AvgIpc) is 2.92. The molecule has 6 heteroatoms. The molecule has 0 saturated carbocycles. The maximum absolute atomic E-state index is 12.6. The number of aromatic amines is 1. The first kappa shape index (κ1) is 13.1. The van der Waals surface area contributed by atoms with Crippen LogP contribution < -0.4 is 10.1 Å². The lowest BCUT2D eigenvalue weighted by molar-refractivity contribution is -0.121. The van der Waals surface area contributed by atoms with Gasteiger partial charge in [0.05, 0.1) is 19.2 Å². The van der Waals surface area contributed by atoms with Gasteiger partial charge in [0.1, 0.15) is 11.6 Å². The fourth-order valence-corrected chi connectivity index (χ4v) is 1.46. The Hall–Kier alpha value is -2.37. The first-order valence-corrected chi connectivity index (χ1v) is 5.87. The van der Waals surface area contributed by atoms with Gasteiger partial charge in [-0.1, -0.05) is 0 Å². The molecule has 0 spiro atoms. The SMILES string of the molecule is O=C(CCOc1ccc(F)cc1)NCc1cn[nH]c1. The van der Waals surface area contributed by atoms with Crippen molar-refractivity contribution in [3.63, 3.8) is 0 Å². The summed E-state index contributed by atoms with van der Waals surface area (Å²) >= 11 is 0. The number of carbonyl (C=O) groups is 1. The van der Waals surface area contributed by atoms with Crippen molar-refractivity contribution in [1.29, 1.82) is 0 Å². The third-order valence-corrected chi connectivity index (χ3v) is 2.46. The minimum atomic E-state index is -0.315. The summed E-state index contributed by atoms with van der Waals surface area (Å²) in [7, 11) is 0. The summed E-state index contributed by atoms with van der Waals surface area (Å²) in [5.41, 5.74) is 0.910. The van der Waals surface area contributed by atoms with Crippen LogP contribution in [0.15, 0.2) is 36.7 Å². The summed E-state index contributed by atoms with van der Waals surface area (Å²) in [6, 6.07) is 5.68. The van der Waals surface area contributed by atoms with Crippen molar-refractivity contribution >= 4 is 5.91 Å². The number of rotatable bonds is 6. The molecule has 5 nitrogen and oxygen atoms in total. The fraction of sp³-hybridized carbons (Fsp3) is 0.231. The van der Waals surface area contributed by atoms with E-state index in [0.29, 0.717) is 12.3 Å². The van der Waals surface area contributed by atoms with Crippen molar-refractivity contribution in [2.75, 3.05) is 6.61 Å². The molecule has 19 heavy (non-hydrogen) atoms. The van der Waals surface area contributed by atoms with Gasteiger partial charge in [0.2, 0.25) is 5.91 Å². The minimum absolute atomic E-state index is 0.108. The molecule has 1 aromatic carbocycles. The quantitative estimate of drug-likeness (QED) is 0.832. The lowest BCUT2D eigenvalue weighted by atomic mass is 10.3. The normalized spacial score (nSPS) is 10.2. The molecule has 0 bridgehead atoms. The zero-order chi connectivity index (χ0) is 13.5. The molecular formula is C13H14FN3O2. The van der Waals surface area contributed by atoms with Gasteiger partial charge in [0, 0.05) is 18.3 Å². The van der Waals surface area contributed by atoms with Crippen LogP contribution in [0.2, 0.25) is 0 Å². The van der Waals surface area contributed by atoms with Crippen molar-refractivity contribution in [2.45, 2.75) is 13.0 Å². The highest BCUT2D eigenvalue weighted by Gasteiger charge is 2.02. The topological polar surface area (TPSA) is 67.0 Å². The van der Waals surface area contributed by atoms with Crippen molar-refractivity contribution in [2.24, 2.45) is 0 Å². The van der Waals surface area contributed by atoms with E-state index in [9.17, 15) is 9.18 Å². The van der Waals surface area contributed by atoms with E-state index in [2.05, 4.69) is 15.5 Å². The molecule has 1 aromatic heterocycles. The number of hydrogen-bond donors (Lipinski definition) is 2. The molecule has 1 heterocycles. The Kier molecular flexibility index (Phi) is 4.49. The van der Waals surface area contributed by atoms with E-state index in [1.165, 1.54) is 24.3 Å². The van der Waals surface area contributed by atoms with E-state index in [1.54, 1.807) is 12.4 Å². The molecule has 2 aromatic rings. The number of hydrogen-bond acceptors (Lipinski definition) is 3. The standard InChI is InChI=1S/C13H14FN3O2/c14-11-1-3-12(4-2-11)19-6-5-13(18)15-7-10-8-16-17-9-10/h1-4,8-9H,5-7H2,(H,15,18)(H,16,17). The van der Waals surface area contributed by atoms with Crippen LogP contribution in [0, 0.1) is 5.82 Å². The first-order chi connectivity index (χ1) is 9.24. The molecule has 0 saturated heterocycles. The Morgan fingerprint density at radius 2 is 2.16 bits per heavy atom. The van der Waals surface area contributed by atoms with Crippen molar-refractivity contribution in [3.8, 4) is 5.75 Å². The molecule has 100 valence electrons. The Bertz CT molecular complexity index is 511. The second-order valence-electron chi connectivity index (χ2n) is 3.94. The molecule has 0 aliphatic heterocycles. The van der Waals surface area contributed by atoms with Crippen LogP contribution in [0.1, 0.15) is 12.0 Å². The number of aromatic nitrogens is 2. The smallest absolute Gasteiger partial charge is 0.223 e. The Morgan fingerprint density at radius 3 is 2.84 bits per heavy atom. The predicted molar refractivity (Wildman–Crippen MR) is 66.9 cm³/mol. The second kappa shape index (κ2) is 6.53. The minimum Gasteiger partial charge on any atom is -0.493 e. The summed E-state index contributed by atoms with van der Waals surface area (Å²) in [5.74, 6) is 0.123. The maximum Gasteiger partial charge on any atom is 0.223 e. The number of nitrogens with zero attached hydrogens (tertiary/aromatic N) is 1. The molecule has 0 fully saturated rings. The van der Waals surface area contributed by atoms with E-state index < -0.39 is 0 Å². The number of ether oxygens (including phenoxy) is 1. The second-order valence-corrected chi connectivity index (χ2v) is 3.94. The van der Waals surface area contributed by atoms with Crippen LogP contribution in [-0.2, 0) is 11.3 Å². The van der Waals surface area contributed by atoms with Crippen LogP contribution in [0.5, 0.6) is 5.75 Å². The lowest BCUT2D eigenvalue weighted by Gasteiger charge is -2.06. The zero-order valence-corrected chi connectivity index (χ0v) is 10.2. The van der Waals surface area contributed by atoms with E-state index in [0.717, 1.165) is 5.56 Å². The number of amides is 1. The van der Waals surface area contributed by atoms with Gasteiger partial charge in [0.15, 0.2) is 0 Å². The van der Waals surface area contributed by atoms with Crippen molar-refractivity contribution in [3.05, 3.63) is 48.0 Å². The monoisotopic (exact) mass is 263 g/mol. The van der Waals surface area contributed by atoms with E-state index in [-0.39, 0.29) is 24.8 Å². The summed E-state index contributed by atoms with van der Waals surface area (Å²) < 4.78 is 18.0. The predicted octanol–water partition coefficient (Wildman–Crippen LogP) is 1.63. The number of halogens is 1. The zero-order valence-electron chi connectivity index (χ0n) is 10.2.